The van der Waals surface area contributed by atoms with E-state index in [4.69, 9.17) is 9.47 Å². The van der Waals surface area contributed by atoms with Gasteiger partial charge in [0.1, 0.15) is 12.4 Å². The van der Waals surface area contributed by atoms with Crippen molar-refractivity contribution in [1.29, 1.82) is 0 Å². The molecule has 8 heteroatoms. The zero-order valence-corrected chi connectivity index (χ0v) is 21.5. The standard InChI is InChI=1S/C26H21FINO4S/c1-16-7-9-17(10-8-16)14-29-25(30)23(34-26(29)31)13-18-11-21(28)24(22(12-18)32-2)33-15-19-5-3-4-6-20(19)27/h3-13H,14-15H2,1-2H3/b23-13-. The molecule has 34 heavy (non-hydrogen) atoms. The summed E-state index contributed by atoms with van der Waals surface area (Å²) in [5.41, 5.74) is 3.14. The number of methoxy groups -OCH3 is 1. The number of carbonyl (C=O) groups excluding carboxylic acids is 2. The highest BCUT2D eigenvalue weighted by atomic mass is 127. The Bertz CT molecular complexity index is 1280. The molecule has 3 aromatic rings. The van der Waals surface area contributed by atoms with Crippen molar-refractivity contribution in [2.75, 3.05) is 7.11 Å². The van der Waals surface area contributed by atoms with Gasteiger partial charge in [-0.2, -0.15) is 0 Å². The van der Waals surface area contributed by atoms with Gasteiger partial charge < -0.3 is 9.47 Å². The number of hydrogen-bond acceptors (Lipinski definition) is 5. The van der Waals surface area contributed by atoms with Crippen molar-refractivity contribution < 1.29 is 23.5 Å². The van der Waals surface area contributed by atoms with Gasteiger partial charge in [0.15, 0.2) is 11.5 Å². The molecule has 1 saturated heterocycles. The lowest BCUT2D eigenvalue weighted by molar-refractivity contribution is -0.123. The Morgan fingerprint density at radius 3 is 2.53 bits per heavy atom. The van der Waals surface area contributed by atoms with E-state index in [2.05, 4.69) is 22.6 Å². The number of carbonyl (C=O) groups is 2. The molecule has 2 amide bonds. The monoisotopic (exact) mass is 589 g/mol. The van der Waals surface area contributed by atoms with Gasteiger partial charge in [0.25, 0.3) is 11.1 Å². The maximum Gasteiger partial charge on any atom is 0.293 e. The normalized spacial score (nSPS) is 14.7. The van der Waals surface area contributed by atoms with Gasteiger partial charge in [-0.1, -0.05) is 48.0 Å². The van der Waals surface area contributed by atoms with Gasteiger partial charge in [-0.3, -0.25) is 14.5 Å². The Morgan fingerprint density at radius 1 is 1.09 bits per heavy atom. The van der Waals surface area contributed by atoms with E-state index in [1.807, 2.05) is 37.3 Å². The molecule has 5 nitrogen and oxygen atoms in total. The van der Waals surface area contributed by atoms with Gasteiger partial charge in [0.2, 0.25) is 0 Å². The lowest BCUT2D eigenvalue weighted by Gasteiger charge is -2.14. The zero-order valence-electron chi connectivity index (χ0n) is 18.5. The van der Waals surface area contributed by atoms with Crippen LogP contribution in [0.1, 0.15) is 22.3 Å². The van der Waals surface area contributed by atoms with Crippen LogP contribution in [-0.2, 0) is 17.9 Å². The second kappa shape index (κ2) is 10.6. The fourth-order valence-corrected chi connectivity index (χ4v) is 5.01. The predicted molar refractivity (Wildman–Crippen MR) is 139 cm³/mol. The van der Waals surface area contributed by atoms with Crippen molar-refractivity contribution >= 4 is 51.6 Å². The zero-order chi connectivity index (χ0) is 24.2. The third kappa shape index (κ3) is 5.44. The van der Waals surface area contributed by atoms with Gasteiger partial charge in [0, 0.05) is 5.56 Å². The summed E-state index contributed by atoms with van der Waals surface area (Å²) in [6.45, 7) is 2.26. The largest absolute Gasteiger partial charge is 0.493 e. The van der Waals surface area contributed by atoms with E-state index in [0.29, 0.717) is 27.5 Å². The Labute approximate surface area is 215 Å². The van der Waals surface area contributed by atoms with E-state index in [-0.39, 0.29) is 30.1 Å². The first-order chi connectivity index (χ1) is 16.4. The second-order valence-electron chi connectivity index (χ2n) is 7.67. The molecule has 0 radical (unpaired) electrons. The van der Waals surface area contributed by atoms with Crippen molar-refractivity contribution in [3.05, 3.63) is 97.2 Å². The molecule has 0 unspecified atom stereocenters. The third-order valence-corrected chi connectivity index (χ3v) is 6.92. The maximum absolute atomic E-state index is 13.9. The van der Waals surface area contributed by atoms with E-state index in [1.54, 1.807) is 30.3 Å². The van der Waals surface area contributed by atoms with Crippen LogP contribution in [0.15, 0.2) is 65.6 Å². The van der Waals surface area contributed by atoms with Gasteiger partial charge in [-0.25, -0.2) is 4.39 Å². The number of ether oxygens (including phenoxy) is 2. The molecule has 0 spiro atoms. The summed E-state index contributed by atoms with van der Waals surface area (Å²) < 4.78 is 26.0. The first kappa shape index (κ1) is 24.3. The first-order valence-electron chi connectivity index (χ1n) is 10.4. The second-order valence-corrected chi connectivity index (χ2v) is 9.82. The number of hydrogen-bond donors (Lipinski definition) is 0. The minimum absolute atomic E-state index is 0.0519. The summed E-state index contributed by atoms with van der Waals surface area (Å²) in [7, 11) is 1.51. The number of benzene rings is 3. The number of aryl methyl sites for hydroxylation is 1. The minimum Gasteiger partial charge on any atom is -0.493 e. The molecule has 0 bridgehead atoms. The number of nitrogens with zero attached hydrogens (tertiary/aromatic N) is 1. The highest BCUT2D eigenvalue weighted by molar-refractivity contribution is 14.1. The smallest absolute Gasteiger partial charge is 0.293 e. The molecule has 3 aromatic carbocycles. The molecule has 1 fully saturated rings. The molecule has 0 aromatic heterocycles. The van der Waals surface area contributed by atoms with E-state index >= 15 is 0 Å². The molecule has 0 N–H and O–H groups in total. The van der Waals surface area contributed by atoms with Crippen LogP contribution in [0.3, 0.4) is 0 Å². The summed E-state index contributed by atoms with van der Waals surface area (Å²) in [5, 5.41) is -0.302. The fourth-order valence-electron chi connectivity index (χ4n) is 3.39. The SMILES string of the molecule is COc1cc(/C=C2\SC(=O)N(Cc3ccc(C)cc3)C2=O)cc(I)c1OCc1ccccc1F. The van der Waals surface area contributed by atoms with Crippen LogP contribution in [0.2, 0.25) is 0 Å². The van der Waals surface area contributed by atoms with Gasteiger partial charge in [-0.15, -0.1) is 0 Å². The average molecular weight is 589 g/mol. The molecule has 1 aliphatic heterocycles. The quantitative estimate of drug-likeness (QED) is 0.231. The van der Waals surface area contributed by atoms with Crippen molar-refractivity contribution in [2.45, 2.75) is 20.1 Å². The number of halogens is 2. The van der Waals surface area contributed by atoms with Crippen LogP contribution in [0.5, 0.6) is 11.5 Å². The van der Waals surface area contributed by atoms with Crippen molar-refractivity contribution in [3.63, 3.8) is 0 Å². The van der Waals surface area contributed by atoms with Crippen LogP contribution < -0.4 is 9.47 Å². The topological polar surface area (TPSA) is 55.8 Å². The molecule has 0 aliphatic carbocycles. The first-order valence-corrected chi connectivity index (χ1v) is 12.3. The highest BCUT2D eigenvalue weighted by Gasteiger charge is 2.35. The Hall–Kier alpha value is -2.85. The average Bonchev–Trinajstić information content (AvgIpc) is 3.07. The Kier molecular flexibility index (Phi) is 7.57. The maximum atomic E-state index is 13.9. The molecule has 1 aliphatic rings. The van der Waals surface area contributed by atoms with Crippen LogP contribution in [-0.4, -0.2) is 23.2 Å². The molecule has 1 heterocycles. The molecule has 0 atom stereocenters. The lowest BCUT2D eigenvalue weighted by Crippen LogP contribution is -2.27. The van der Waals surface area contributed by atoms with Gasteiger partial charge in [0.05, 0.1) is 22.1 Å². The summed E-state index contributed by atoms with van der Waals surface area (Å²) in [6.07, 6.45) is 1.67. The van der Waals surface area contributed by atoms with E-state index in [1.165, 1.54) is 18.1 Å². The number of imide groups is 1. The molecular weight excluding hydrogens is 568 g/mol. The molecule has 0 saturated carbocycles. The van der Waals surface area contributed by atoms with Crippen molar-refractivity contribution in [3.8, 4) is 11.5 Å². The molecule has 4 rings (SSSR count). The van der Waals surface area contributed by atoms with Crippen molar-refractivity contribution in [1.82, 2.24) is 4.90 Å². The number of thioether (sulfide) groups is 1. The highest BCUT2D eigenvalue weighted by Crippen LogP contribution is 2.38. The Morgan fingerprint density at radius 2 is 1.82 bits per heavy atom. The summed E-state index contributed by atoms with van der Waals surface area (Å²) in [5.74, 6) is 0.267. The van der Waals surface area contributed by atoms with Crippen LogP contribution in [0.25, 0.3) is 6.08 Å². The fraction of sp³-hybridized carbons (Fsp3) is 0.154. The van der Waals surface area contributed by atoms with Crippen LogP contribution in [0.4, 0.5) is 9.18 Å². The lowest BCUT2D eigenvalue weighted by atomic mass is 10.1. The van der Waals surface area contributed by atoms with E-state index in [9.17, 15) is 14.0 Å². The summed E-state index contributed by atoms with van der Waals surface area (Å²) >= 11 is 3.02. The number of rotatable bonds is 7. The minimum atomic E-state index is -0.338. The van der Waals surface area contributed by atoms with Crippen LogP contribution in [0, 0.1) is 16.3 Å². The summed E-state index contributed by atoms with van der Waals surface area (Å²) in [4.78, 5) is 27.0. The Balaban J connectivity index is 1.53. The van der Waals surface area contributed by atoms with Gasteiger partial charge in [-0.05, 0) is 76.7 Å². The number of amides is 2. The van der Waals surface area contributed by atoms with Gasteiger partial charge >= 0.3 is 0 Å². The molecule has 174 valence electrons. The third-order valence-electron chi connectivity index (χ3n) is 5.21. The molecular formula is C26H21FINO4S. The van der Waals surface area contributed by atoms with E-state index < -0.39 is 0 Å². The van der Waals surface area contributed by atoms with Crippen molar-refractivity contribution in [2.24, 2.45) is 0 Å². The predicted octanol–water partition coefficient (Wildman–Crippen LogP) is 6.56. The van der Waals surface area contributed by atoms with Crippen LogP contribution >= 0.6 is 34.4 Å². The summed E-state index contributed by atoms with van der Waals surface area (Å²) in [6, 6.07) is 17.7. The van der Waals surface area contributed by atoms with E-state index in [0.717, 1.165) is 26.5 Å².